The highest BCUT2D eigenvalue weighted by Gasteiger charge is 2.44. The van der Waals surface area contributed by atoms with Crippen molar-refractivity contribution >= 4 is 5.97 Å². The van der Waals surface area contributed by atoms with Crippen molar-refractivity contribution in [1.82, 2.24) is 0 Å². The fraction of sp³-hybridized carbons (Fsp3) is 0.975. The molecule has 0 saturated carbocycles. The molecule has 0 radical (unpaired) electrons. The molecule has 49 heavy (non-hydrogen) atoms. The molecule has 6 atom stereocenters. The number of esters is 1. The van der Waals surface area contributed by atoms with Gasteiger partial charge < -0.3 is 39.4 Å². The number of ether oxygens (including phenoxy) is 4. The number of aliphatic hydroxyl groups is 4. The number of unbranched alkanes of at least 4 members (excludes halogenated alkanes) is 24. The zero-order valence-electron chi connectivity index (χ0n) is 31.7. The zero-order valence-corrected chi connectivity index (χ0v) is 31.7. The summed E-state index contributed by atoms with van der Waals surface area (Å²) in [5.41, 5.74) is 0. The van der Waals surface area contributed by atoms with Gasteiger partial charge >= 0.3 is 5.97 Å². The minimum absolute atomic E-state index is 0.106. The van der Waals surface area contributed by atoms with Gasteiger partial charge in [-0.2, -0.15) is 0 Å². The molecule has 0 aliphatic carbocycles. The summed E-state index contributed by atoms with van der Waals surface area (Å²) < 4.78 is 22.7. The summed E-state index contributed by atoms with van der Waals surface area (Å²) in [4.78, 5) is 12.7. The smallest absolute Gasteiger partial charge is 0.306 e. The largest absolute Gasteiger partial charge is 0.457 e. The summed E-state index contributed by atoms with van der Waals surface area (Å²) in [5, 5.41) is 39.9. The summed E-state index contributed by atoms with van der Waals surface area (Å²) in [6, 6.07) is 0. The van der Waals surface area contributed by atoms with Crippen molar-refractivity contribution in [2.24, 2.45) is 0 Å². The zero-order chi connectivity index (χ0) is 35.8. The lowest BCUT2D eigenvalue weighted by Crippen LogP contribution is -2.59. The van der Waals surface area contributed by atoms with Gasteiger partial charge in [-0.15, -0.1) is 0 Å². The lowest BCUT2D eigenvalue weighted by molar-refractivity contribution is -0.305. The van der Waals surface area contributed by atoms with Gasteiger partial charge in [0.25, 0.3) is 0 Å². The predicted octanol–water partition coefficient (Wildman–Crippen LogP) is 8.30. The van der Waals surface area contributed by atoms with Crippen molar-refractivity contribution in [2.45, 2.75) is 224 Å². The lowest BCUT2D eigenvalue weighted by Gasteiger charge is -2.39. The van der Waals surface area contributed by atoms with E-state index in [1.54, 1.807) is 0 Å². The first-order valence-corrected chi connectivity index (χ1v) is 20.6. The molecule has 0 amide bonds. The molecule has 6 unspecified atom stereocenters. The summed E-state index contributed by atoms with van der Waals surface area (Å²) in [5.74, 6) is -0.310. The maximum absolute atomic E-state index is 12.7. The molecule has 9 nitrogen and oxygen atoms in total. The van der Waals surface area contributed by atoms with Crippen LogP contribution in [0.3, 0.4) is 0 Å². The van der Waals surface area contributed by atoms with Gasteiger partial charge in [0.2, 0.25) is 0 Å². The molecule has 1 rings (SSSR count). The molecule has 0 aromatic carbocycles. The predicted molar refractivity (Wildman–Crippen MR) is 196 cm³/mol. The van der Waals surface area contributed by atoms with Gasteiger partial charge in [0.1, 0.15) is 30.5 Å². The Morgan fingerprint density at radius 2 is 1.00 bits per heavy atom. The van der Waals surface area contributed by atoms with Gasteiger partial charge in [0.15, 0.2) is 6.29 Å². The Morgan fingerprint density at radius 3 is 1.45 bits per heavy atom. The third-order valence-corrected chi connectivity index (χ3v) is 9.77. The van der Waals surface area contributed by atoms with E-state index in [4.69, 9.17) is 18.9 Å². The van der Waals surface area contributed by atoms with Crippen LogP contribution in [0.2, 0.25) is 0 Å². The second-order valence-corrected chi connectivity index (χ2v) is 14.5. The normalized spacial score (nSPS) is 21.6. The second kappa shape index (κ2) is 33.1. The average Bonchev–Trinajstić information content (AvgIpc) is 3.10. The summed E-state index contributed by atoms with van der Waals surface area (Å²) >= 11 is 0. The highest BCUT2D eigenvalue weighted by molar-refractivity contribution is 5.69. The van der Waals surface area contributed by atoms with Crippen LogP contribution in [0, 0.1) is 0 Å². The van der Waals surface area contributed by atoms with Crippen LogP contribution in [0.1, 0.15) is 187 Å². The maximum Gasteiger partial charge on any atom is 0.306 e. The molecular weight excluding hydrogens is 624 g/mol. The quantitative estimate of drug-likeness (QED) is 0.0380. The minimum atomic E-state index is -1.53. The maximum atomic E-state index is 12.7. The number of aliphatic hydroxyl groups excluding tert-OH is 4. The Morgan fingerprint density at radius 1 is 0.571 bits per heavy atom. The van der Waals surface area contributed by atoms with Crippen molar-refractivity contribution in [3.63, 3.8) is 0 Å². The van der Waals surface area contributed by atoms with Gasteiger partial charge in [-0.3, -0.25) is 4.79 Å². The van der Waals surface area contributed by atoms with E-state index in [0.29, 0.717) is 13.0 Å². The van der Waals surface area contributed by atoms with E-state index in [-0.39, 0.29) is 19.2 Å². The van der Waals surface area contributed by atoms with Crippen LogP contribution in [0.15, 0.2) is 0 Å². The molecule has 0 aromatic heterocycles. The van der Waals surface area contributed by atoms with Gasteiger partial charge in [0.05, 0.1) is 19.8 Å². The first kappa shape index (κ1) is 46.2. The Labute approximate surface area is 300 Å². The molecule has 1 heterocycles. The standard InChI is InChI=1S/C40H78O9/c1-3-5-7-9-11-13-15-16-17-18-19-20-21-23-25-27-29-36(42)48-34(32-46-30-28-26-24-22-14-12-10-8-6-4-2)33-47-40-39(45)38(44)37(43)35(31-41)49-40/h34-35,37-41,43-45H,3-33H2,1-2H3. The molecule has 0 aromatic rings. The Hall–Kier alpha value is -0.810. The third kappa shape index (κ3) is 24.9. The van der Waals surface area contributed by atoms with Crippen LogP contribution in [0.4, 0.5) is 0 Å². The summed E-state index contributed by atoms with van der Waals surface area (Å²) in [6.45, 7) is 4.58. The minimum Gasteiger partial charge on any atom is -0.457 e. The number of hydrogen-bond acceptors (Lipinski definition) is 9. The number of rotatable bonds is 35. The highest BCUT2D eigenvalue weighted by Crippen LogP contribution is 2.22. The van der Waals surface area contributed by atoms with E-state index < -0.39 is 43.4 Å². The van der Waals surface area contributed by atoms with Crippen molar-refractivity contribution in [2.75, 3.05) is 26.4 Å². The van der Waals surface area contributed by atoms with Crippen LogP contribution >= 0.6 is 0 Å². The molecule has 9 heteroatoms. The van der Waals surface area contributed by atoms with E-state index in [9.17, 15) is 25.2 Å². The van der Waals surface area contributed by atoms with Crippen LogP contribution < -0.4 is 0 Å². The number of hydrogen-bond donors (Lipinski definition) is 4. The average molecular weight is 703 g/mol. The van der Waals surface area contributed by atoms with Gasteiger partial charge in [-0.05, 0) is 12.8 Å². The van der Waals surface area contributed by atoms with Crippen LogP contribution in [-0.4, -0.2) is 89.6 Å². The van der Waals surface area contributed by atoms with Crippen molar-refractivity contribution in [3.05, 3.63) is 0 Å². The molecule has 1 saturated heterocycles. The topological polar surface area (TPSA) is 135 Å². The lowest BCUT2D eigenvalue weighted by atomic mass is 9.99. The van der Waals surface area contributed by atoms with E-state index in [1.165, 1.54) is 135 Å². The van der Waals surface area contributed by atoms with Crippen molar-refractivity contribution < 1.29 is 44.2 Å². The monoisotopic (exact) mass is 703 g/mol. The van der Waals surface area contributed by atoms with E-state index in [1.807, 2.05) is 0 Å². The van der Waals surface area contributed by atoms with E-state index in [0.717, 1.165) is 32.1 Å². The first-order valence-electron chi connectivity index (χ1n) is 20.6. The van der Waals surface area contributed by atoms with Gasteiger partial charge in [-0.1, -0.05) is 168 Å². The van der Waals surface area contributed by atoms with Gasteiger partial charge in [-0.25, -0.2) is 0 Å². The summed E-state index contributed by atoms with van der Waals surface area (Å²) in [7, 11) is 0. The summed E-state index contributed by atoms with van der Waals surface area (Å²) in [6.07, 6.45) is 25.5. The molecule has 292 valence electrons. The van der Waals surface area contributed by atoms with Crippen molar-refractivity contribution in [1.29, 1.82) is 0 Å². The highest BCUT2D eigenvalue weighted by atomic mass is 16.7. The second-order valence-electron chi connectivity index (χ2n) is 14.5. The molecule has 0 bridgehead atoms. The molecule has 1 aliphatic heterocycles. The Bertz CT molecular complexity index is 722. The SMILES string of the molecule is CCCCCCCCCCCCCCCCCCC(=O)OC(COCCCCCCCCCCCC)COC1OC(CO)C(O)C(O)C1O. The van der Waals surface area contributed by atoms with E-state index >= 15 is 0 Å². The van der Waals surface area contributed by atoms with Crippen LogP contribution in [0.5, 0.6) is 0 Å². The van der Waals surface area contributed by atoms with E-state index in [2.05, 4.69) is 13.8 Å². The number of carbonyl (C=O) groups excluding carboxylic acids is 1. The van der Waals surface area contributed by atoms with Gasteiger partial charge in [0, 0.05) is 13.0 Å². The van der Waals surface area contributed by atoms with Crippen LogP contribution in [0.25, 0.3) is 0 Å². The molecule has 4 N–H and O–H groups in total. The Kier molecular flexibility index (Phi) is 31.2. The third-order valence-electron chi connectivity index (χ3n) is 9.77. The molecule has 1 aliphatic rings. The van der Waals surface area contributed by atoms with Crippen LogP contribution in [-0.2, 0) is 23.7 Å². The fourth-order valence-corrected chi connectivity index (χ4v) is 6.49. The Balaban J connectivity index is 2.27. The molecular formula is C40H78O9. The molecule has 1 fully saturated rings. The molecule has 0 spiro atoms. The number of carbonyl (C=O) groups is 1. The first-order chi connectivity index (χ1) is 23.9. The van der Waals surface area contributed by atoms with Crippen molar-refractivity contribution in [3.8, 4) is 0 Å². The fourth-order valence-electron chi connectivity index (χ4n) is 6.49.